The zero-order valence-electron chi connectivity index (χ0n) is 13.0. The lowest BCUT2D eigenvalue weighted by molar-refractivity contribution is -0.129. The topological polar surface area (TPSA) is 75.7 Å². The van der Waals surface area contributed by atoms with E-state index in [0.717, 1.165) is 31.3 Å². The number of amides is 1. The Morgan fingerprint density at radius 2 is 2.32 bits per heavy atom. The van der Waals surface area contributed by atoms with E-state index in [2.05, 4.69) is 4.72 Å². The maximum atomic E-state index is 12.5. The van der Waals surface area contributed by atoms with Crippen molar-refractivity contribution in [3.05, 3.63) is 11.6 Å². The Hall–Kier alpha value is -0.920. The lowest BCUT2D eigenvalue weighted by atomic mass is 9.90. The van der Waals surface area contributed by atoms with Crippen LogP contribution in [0.2, 0.25) is 0 Å². The van der Waals surface area contributed by atoms with Gasteiger partial charge in [-0.25, -0.2) is 13.1 Å². The number of nitrogens with zero attached hydrogens (tertiary/aromatic N) is 1. The van der Waals surface area contributed by atoms with E-state index < -0.39 is 10.0 Å². The van der Waals surface area contributed by atoms with Crippen LogP contribution in [0.3, 0.4) is 0 Å². The Morgan fingerprint density at radius 1 is 1.50 bits per heavy atom. The van der Waals surface area contributed by atoms with Gasteiger partial charge in [-0.05, 0) is 38.5 Å². The number of sulfonamides is 1. The smallest absolute Gasteiger partial charge is 0.249 e. The number of likely N-dealkylation sites (tertiary alicyclic amines) is 1. The molecule has 2 atom stereocenters. The Labute approximate surface area is 131 Å². The van der Waals surface area contributed by atoms with E-state index in [1.54, 1.807) is 0 Å². The third-order valence-corrected chi connectivity index (χ3v) is 5.55. The standard InChI is InChI=1S/C15H24N2O4S/c1-22(19,20)16-13-6-9-21-15(10-13)7-8-17(11-15)14(18)12-4-2-3-5-12/h4,13,16H,2-3,5-11H2,1H3/t13-,15-/m1/s1. The van der Waals surface area contributed by atoms with Gasteiger partial charge in [0.05, 0.1) is 18.4 Å². The molecule has 0 radical (unpaired) electrons. The molecule has 1 amide bonds. The Balaban J connectivity index is 1.64. The highest BCUT2D eigenvalue weighted by molar-refractivity contribution is 7.88. The maximum absolute atomic E-state index is 12.5. The fourth-order valence-corrected chi connectivity index (χ4v) is 4.61. The maximum Gasteiger partial charge on any atom is 0.249 e. The SMILES string of the molecule is CS(=O)(=O)N[C@@H]1CCO[C@]2(CCN(C(=O)C3=CCCC3)C2)C1. The van der Waals surface area contributed by atoms with Gasteiger partial charge in [-0.2, -0.15) is 0 Å². The summed E-state index contributed by atoms with van der Waals surface area (Å²) >= 11 is 0. The molecular formula is C15H24N2O4S. The van der Waals surface area contributed by atoms with E-state index in [0.29, 0.717) is 32.5 Å². The van der Waals surface area contributed by atoms with Gasteiger partial charge in [0.2, 0.25) is 15.9 Å². The number of allylic oxidation sites excluding steroid dienone is 1. The average Bonchev–Trinajstić information content (AvgIpc) is 3.06. The zero-order chi connectivity index (χ0) is 15.8. The molecule has 0 aromatic rings. The molecule has 0 unspecified atom stereocenters. The van der Waals surface area contributed by atoms with E-state index in [-0.39, 0.29) is 17.6 Å². The molecule has 2 fully saturated rings. The summed E-state index contributed by atoms with van der Waals surface area (Å²) in [6, 6.07) is -0.0931. The fraction of sp³-hybridized carbons (Fsp3) is 0.800. The Bertz CT molecular complexity index is 586. The van der Waals surface area contributed by atoms with Gasteiger partial charge in [0.25, 0.3) is 0 Å². The number of carbonyl (C=O) groups excluding carboxylic acids is 1. The number of hydrogen-bond acceptors (Lipinski definition) is 4. The highest BCUT2D eigenvalue weighted by Crippen LogP contribution is 2.35. The zero-order valence-corrected chi connectivity index (χ0v) is 13.8. The minimum atomic E-state index is -3.21. The molecular weight excluding hydrogens is 304 g/mol. The van der Waals surface area contributed by atoms with Crippen LogP contribution in [0.25, 0.3) is 0 Å². The summed E-state index contributed by atoms with van der Waals surface area (Å²) in [5.74, 6) is 0.135. The van der Waals surface area contributed by atoms with Gasteiger partial charge >= 0.3 is 0 Å². The summed E-state index contributed by atoms with van der Waals surface area (Å²) in [6.07, 6.45) is 8.29. The van der Waals surface area contributed by atoms with Crippen LogP contribution in [-0.2, 0) is 19.6 Å². The second kappa shape index (κ2) is 5.94. The van der Waals surface area contributed by atoms with Crippen LogP contribution in [0.5, 0.6) is 0 Å². The van der Waals surface area contributed by atoms with Crippen LogP contribution in [0, 0.1) is 0 Å². The normalized spacial score (nSPS) is 32.5. The molecule has 0 aromatic carbocycles. The Morgan fingerprint density at radius 3 is 3.00 bits per heavy atom. The predicted molar refractivity (Wildman–Crippen MR) is 82.8 cm³/mol. The molecule has 2 saturated heterocycles. The first-order valence-corrected chi connectivity index (χ1v) is 9.86. The van der Waals surface area contributed by atoms with Gasteiger partial charge in [-0.1, -0.05) is 6.08 Å². The molecule has 124 valence electrons. The largest absolute Gasteiger partial charge is 0.373 e. The molecule has 1 aliphatic carbocycles. The van der Waals surface area contributed by atoms with Crippen LogP contribution < -0.4 is 4.72 Å². The van der Waals surface area contributed by atoms with Gasteiger partial charge in [0.15, 0.2) is 0 Å². The van der Waals surface area contributed by atoms with Crippen molar-refractivity contribution >= 4 is 15.9 Å². The van der Waals surface area contributed by atoms with Gasteiger partial charge in [0.1, 0.15) is 0 Å². The third kappa shape index (κ3) is 3.52. The second-order valence-electron chi connectivity index (χ2n) is 6.71. The van der Waals surface area contributed by atoms with Crippen molar-refractivity contribution in [2.75, 3.05) is 26.0 Å². The van der Waals surface area contributed by atoms with Crippen LogP contribution in [0.1, 0.15) is 38.5 Å². The molecule has 0 bridgehead atoms. The van der Waals surface area contributed by atoms with Gasteiger partial charge < -0.3 is 9.64 Å². The first-order valence-electron chi connectivity index (χ1n) is 7.97. The van der Waals surface area contributed by atoms with Gasteiger partial charge in [-0.3, -0.25) is 4.79 Å². The minimum Gasteiger partial charge on any atom is -0.373 e. The highest BCUT2D eigenvalue weighted by Gasteiger charge is 2.45. The molecule has 3 rings (SSSR count). The summed E-state index contributed by atoms with van der Waals surface area (Å²) in [4.78, 5) is 14.3. The molecule has 3 aliphatic rings. The van der Waals surface area contributed by atoms with E-state index in [4.69, 9.17) is 4.74 Å². The van der Waals surface area contributed by atoms with Crippen molar-refractivity contribution in [3.8, 4) is 0 Å². The molecule has 1 N–H and O–H groups in total. The average molecular weight is 328 g/mol. The van der Waals surface area contributed by atoms with Gasteiger partial charge in [-0.15, -0.1) is 0 Å². The minimum absolute atomic E-state index is 0.0931. The van der Waals surface area contributed by atoms with Crippen LogP contribution in [0.15, 0.2) is 11.6 Å². The van der Waals surface area contributed by atoms with Crippen molar-refractivity contribution in [3.63, 3.8) is 0 Å². The quantitative estimate of drug-likeness (QED) is 0.831. The fourth-order valence-electron chi connectivity index (χ4n) is 3.80. The number of hydrogen-bond donors (Lipinski definition) is 1. The highest BCUT2D eigenvalue weighted by atomic mass is 32.2. The predicted octanol–water partition coefficient (Wildman–Crippen LogP) is 0.796. The molecule has 0 saturated carbocycles. The third-order valence-electron chi connectivity index (χ3n) is 4.79. The van der Waals surface area contributed by atoms with E-state index in [1.807, 2.05) is 11.0 Å². The summed E-state index contributed by atoms with van der Waals surface area (Å²) in [7, 11) is -3.21. The number of rotatable bonds is 3. The van der Waals surface area contributed by atoms with Crippen molar-refractivity contribution in [2.24, 2.45) is 0 Å². The molecule has 6 nitrogen and oxygen atoms in total. The molecule has 7 heteroatoms. The molecule has 2 heterocycles. The second-order valence-corrected chi connectivity index (χ2v) is 8.49. The molecule has 1 spiro atoms. The van der Waals surface area contributed by atoms with E-state index in [1.165, 1.54) is 6.26 Å². The molecule has 0 aromatic heterocycles. The first kappa shape index (κ1) is 16.0. The van der Waals surface area contributed by atoms with Gasteiger partial charge in [0, 0.05) is 24.8 Å². The van der Waals surface area contributed by atoms with E-state index in [9.17, 15) is 13.2 Å². The first-order chi connectivity index (χ1) is 10.4. The molecule has 22 heavy (non-hydrogen) atoms. The lowest BCUT2D eigenvalue weighted by Gasteiger charge is -2.38. The van der Waals surface area contributed by atoms with Crippen LogP contribution in [0.4, 0.5) is 0 Å². The van der Waals surface area contributed by atoms with Crippen LogP contribution >= 0.6 is 0 Å². The van der Waals surface area contributed by atoms with Crippen molar-refractivity contribution < 1.29 is 17.9 Å². The van der Waals surface area contributed by atoms with E-state index >= 15 is 0 Å². The monoisotopic (exact) mass is 328 g/mol. The molecule has 2 aliphatic heterocycles. The number of ether oxygens (including phenoxy) is 1. The summed E-state index contributed by atoms with van der Waals surface area (Å²) in [6.45, 7) is 1.81. The van der Waals surface area contributed by atoms with Crippen LogP contribution in [-0.4, -0.2) is 56.8 Å². The van der Waals surface area contributed by atoms with Crippen molar-refractivity contribution in [1.29, 1.82) is 0 Å². The van der Waals surface area contributed by atoms with Crippen molar-refractivity contribution in [2.45, 2.75) is 50.2 Å². The lowest BCUT2D eigenvalue weighted by Crippen LogP contribution is -2.50. The summed E-state index contributed by atoms with van der Waals surface area (Å²) < 4.78 is 31.5. The number of nitrogens with one attached hydrogen (secondary N) is 1. The number of carbonyl (C=O) groups is 1. The summed E-state index contributed by atoms with van der Waals surface area (Å²) in [5, 5.41) is 0. The Kier molecular flexibility index (Phi) is 4.31. The summed E-state index contributed by atoms with van der Waals surface area (Å²) in [5.41, 5.74) is 0.550. The van der Waals surface area contributed by atoms with Crippen molar-refractivity contribution in [1.82, 2.24) is 9.62 Å².